The summed E-state index contributed by atoms with van der Waals surface area (Å²) in [6.07, 6.45) is 1.59. The number of amides is 1. The average molecular weight is 300 g/mol. The van der Waals surface area contributed by atoms with Gasteiger partial charge in [0.05, 0.1) is 11.1 Å². The van der Waals surface area contributed by atoms with Crippen LogP contribution >= 0.6 is 15.9 Å². The summed E-state index contributed by atoms with van der Waals surface area (Å²) in [6, 6.07) is 4.60. The number of halogens is 1. The van der Waals surface area contributed by atoms with E-state index in [9.17, 15) is 9.90 Å². The Morgan fingerprint density at radius 1 is 1.53 bits per heavy atom. The lowest BCUT2D eigenvalue weighted by Crippen LogP contribution is -2.33. The van der Waals surface area contributed by atoms with Crippen LogP contribution in [0.2, 0.25) is 0 Å². The van der Waals surface area contributed by atoms with E-state index in [0.717, 1.165) is 0 Å². The lowest BCUT2D eigenvalue weighted by Gasteiger charge is -2.20. The minimum atomic E-state index is -0.248. The SMILES string of the molecule is C=CCN(CCO)C(=O)c1ccc(Br)c(O)c1. The number of benzene rings is 1. The Morgan fingerprint density at radius 3 is 2.76 bits per heavy atom. The molecule has 0 atom stereocenters. The van der Waals surface area contributed by atoms with Crippen LogP contribution < -0.4 is 0 Å². The number of carbonyl (C=O) groups is 1. The predicted octanol–water partition coefficient (Wildman–Crippen LogP) is 1.78. The largest absolute Gasteiger partial charge is 0.507 e. The second-order valence-electron chi connectivity index (χ2n) is 3.43. The summed E-state index contributed by atoms with van der Waals surface area (Å²) in [5, 5.41) is 18.4. The highest BCUT2D eigenvalue weighted by molar-refractivity contribution is 9.10. The minimum Gasteiger partial charge on any atom is -0.507 e. The van der Waals surface area contributed by atoms with Gasteiger partial charge < -0.3 is 15.1 Å². The van der Waals surface area contributed by atoms with Crippen molar-refractivity contribution in [3.63, 3.8) is 0 Å². The molecule has 4 nitrogen and oxygen atoms in total. The lowest BCUT2D eigenvalue weighted by atomic mass is 10.2. The molecule has 0 saturated heterocycles. The third-order valence-corrected chi connectivity index (χ3v) is 2.87. The van der Waals surface area contributed by atoms with Gasteiger partial charge in [-0.3, -0.25) is 4.79 Å². The molecule has 0 unspecified atom stereocenters. The molecule has 17 heavy (non-hydrogen) atoms. The summed E-state index contributed by atoms with van der Waals surface area (Å²) in [7, 11) is 0. The number of carbonyl (C=O) groups excluding carboxylic acids is 1. The van der Waals surface area contributed by atoms with E-state index in [1.165, 1.54) is 11.0 Å². The summed E-state index contributed by atoms with van der Waals surface area (Å²) in [4.78, 5) is 13.5. The van der Waals surface area contributed by atoms with Gasteiger partial charge in [0.15, 0.2) is 0 Å². The van der Waals surface area contributed by atoms with Gasteiger partial charge in [-0.05, 0) is 34.1 Å². The topological polar surface area (TPSA) is 60.8 Å². The quantitative estimate of drug-likeness (QED) is 0.815. The molecule has 0 spiro atoms. The first-order valence-electron chi connectivity index (χ1n) is 5.09. The Hall–Kier alpha value is -1.33. The van der Waals surface area contributed by atoms with Crippen molar-refractivity contribution in [1.82, 2.24) is 4.90 Å². The normalized spacial score (nSPS) is 10.0. The van der Waals surface area contributed by atoms with E-state index in [1.54, 1.807) is 18.2 Å². The molecule has 0 aromatic heterocycles. The molecule has 1 aromatic carbocycles. The molecule has 0 fully saturated rings. The van der Waals surface area contributed by atoms with E-state index in [4.69, 9.17) is 5.11 Å². The number of nitrogens with zero attached hydrogens (tertiary/aromatic N) is 1. The van der Waals surface area contributed by atoms with Crippen molar-refractivity contribution in [1.29, 1.82) is 0 Å². The highest BCUT2D eigenvalue weighted by Gasteiger charge is 2.15. The van der Waals surface area contributed by atoms with Crippen molar-refractivity contribution < 1.29 is 15.0 Å². The monoisotopic (exact) mass is 299 g/mol. The summed E-state index contributed by atoms with van der Waals surface area (Å²) in [5.41, 5.74) is 0.376. The molecule has 0 aliphatic rings. The first kappa shape index (κ1) is 13.7. The Balaban J connectivity index is 2.92. The van der Waals surface area contributed by atoms with E-state index in [-0.39, 0.29) is 24.8 Å². The number of hydrogen-bond acceptors (Lipinski definition) is 3. The number of aromatic hydroxyl groups is 1. The minimum absolute atomic E-state index is 0.0124. The Morgan fingerprint density at radius 2 is 2.24 bits per heavy atom. The van der Waals surface area contributed by atoms with Crippen molar-refractivity contribution in [2.24, 2.45) is 0 Å². The maximum Gasteiger partial charge on any atom is 0.254 e. The second-order valence-corrected chi connectivity index (χ2v) is 4.28. The molecule has 0 aliphatic carbocycles. The molecule has 1 aromatic rings. The van der Waals surface area contributed by atoms with E-state index >= 15 is 0 Å². The molecular weight excluding hydrogens is 286 g/mol. The lowest BCUT2D eigenvalue weighted by molar-refractivity contribution is 0.0742. The number of hydrogen-bond donors (Lipinski definition) is 2. The van der Waals surface area contributed by atoms with Crippen molar-refractivity contribution in [3.8, 4) is 5.75 Å². The van der Waals surface area contributed by atoms with Gasteiger partial charge in [0.2, 0.25) is 0 Å². The third-order valence-electron chi connectivity index (χ3n) is 2.20. The smallest absolute Gasteiger partial charge is 0.254 e. The molecular formula is C12H14BrNO3. The van der Waals surface area contributed by atoms with Gasteiger partial charge in [0.25, 0.3) is 5.91 Å². The van der Waals surface area contributed by atoms with Crippen LogP contribution in [0.25, 0.3) is 0 Å². The molecule has 0 radical (unpaired) electrons. The van der Waals surface area contributed by atoms with Gasteiger partial charge in [-0.1, -0.05) is 6.08 Å². The Labute approximate surface area is 108 Å². The summed E-state index contributed by atoms with van der Waals surface area (Å²) < 4.78 is 0.534. The Kier molecular flexibility index (Phi) is 5.18. The molecule has 92 valence electrons. The summed E-state index contributed by atoms with van der Waals surface area (Å²) in [5.74, 6) is -0.236. The number of aliphatic hydroxyl groups is 1. The van der Waals surface area contributed by atoms with Gasteiger partial charge >= 0.3 is 0 Å². The standard InChI is InChI=1S/C12H14BrNO3/c1-2-5-14(6-7-15)12(17)9-3-4-10(13)11(16)8-9/h2-4,8,15-16H,1,5-7H2. The molecule has 0 saturated carbocycles. The van der Waals surface area contributed by atoms with Gasteiger partial charge in [-0.25, -0.2) is 0 Å². The highest BCUT2D eigenvalue weighted by Crippen LogP contribution is 2.24. The molecule has 0 bridgehead atoms. The fourth-order valence-corrected chi connectivity index (χ4v) is 1.63. The maximum absolute atomic E-state index is 12.0. The highest BCUT2D eigenvalue weighted by atomic mass is 79.9. The van der Waals surface area contributed by atoms with Crippen LogP contribution in [-0.2, 0) is 0 Å². The second kappa shape index (κ2) is 6.42. The molecule has 0 aliphatic heterocycles. The molecule has 2 N–H and O–H groups in total. The first-order chi connectivity index (χ1) is 8.10. The molecule has 1 rings (SSSR count). The number of phenolic OH excluding ortho intramolecular Hbond substituents is 1. The summed E-state index contributed by atoms with van der Waals surface area (Å²) >= 11 is 3.15. The van der Waals surface area contributed by atoms with Crippen molar-refractivity contribution >= 4 is 21.8 Å². The number of rotatable bonds is 5. The summed E-state index contributed by atoms with van der Waals surface area (Å²) in [6.45, 7) is 4.04. The van der Waals surface area contributed by atoms with Crippen LogP contribution in [-0.4, -0.2) is 40.7 Å². The number of aliphatic hydroxyl groups excluding tert-OH is 1. The average Bonchev–Trinajstić information content (AvgIpc) is 2.31. The van der Waals surface area contributed by atoms with Crippen molar-refractivity contribution in [2.45, 2.75) is 0 Å². The zero-order valence-electron chi connectivity index (χ0n) is 9.27. The fraction of sp³-hybridized carbons (Fsp3) is 0.250. The van der Waals surface area contributed by atoms with Crippen LogP contribution in [0.1, 0.15) is 10.4 Å². The van der Waals surface area contributed by atoms with Gasteiger partial charge in [0, 0.05) is 18.7 Å². The van der Waals surface area contributed by atoms with E-state index in [0.29, 0.717) is 16.6 Å². The zero-order chi connectivity index (χ0) is 12.8. The molecule has 0 heterocycles. The Bertz CT molecular complexity index is 420. The van der Waals surface area contributed by atoms with Crippen LogP contribution in [0.3, 0.4) is 0 Å². The van der Waals surface area contributed by atoms with Gasteiger partial charge in [-0.2, -0.15) is 0 Å². The van der Waals surface area contributed by atoms with Crippen LogP contribution in [0.5, 0.6) is 5.75 Å². The van der Waals surface area contributed by atoms with Crippen LogP contribution in [0.15, 0.2) is 35.3 Å². The predicted molar refractivity (Wildman–Crippen MR) is 69.0 cm³/mol. The van der Waals surface area contributed by atoms with Crippen molar-refractivity contribution in [3.05, 3.63) is 40.9 Å². The van der Waals surface area contributed by atoms with Crippen LogP contribution in [0, 0.1) is 0 Å². The van der Waals surface area contributed by atoms with E-state index in [1.807, 2.05) is 0 Å². The van der Waals surface area contributed by atoms with E-state index in [2.05, 4.69) is 22.5 Å². The van der Waals surface area contributed by atoms with Crippen LogP contribution in [0.4, 0.5) is 0 Å². The third kappa shape index (κ3) is 3.57. The molecule has 5 heteroatoms. The first-order valence-corrected chi connectivity index (χ1v) is 5.89. The zero-order valence-corrected chi connectivity index (χ0v) is 10.9. The van der Waals surface area contributed by atoms with Gasteiger partial charge in [-0.15, -0.1) is 6.58 Å². The maximum atomic E-state index is 12.0. The van der Waals surface area contributed by atoms with Gasteiger partial charge in [0.1, 0.15) is 5.75 Å². The number of phenols is 1. The molecule has 1 amide bonds. The fourth-order valence-electron chi connectivity index (χ4n) is 1.38. The van der Waals surface area contributed by atoms with E-state index < -0.39 is 0 Å². The van der Waals surface area contributed by atoms with Crippen molar-refractivity contribution in [2.75, 3.05) is 19.7 Å².